The molecule has 4 saturated heterocycles. The molecule has 4 rings (SSSR count). The molecule has 0 aliphatic carbocycles. The summed E-state index contributed by atoms with van der Waals surface area (Å²) >= 11 is 3.87. The van der Waals surface area contributed by atoms with Crippen LogP contribution < -0.4 is 31.9 Å². The molecule has 44 heavy (non-hydrogen) atoms. The molecule has 0 saturated carbocycles. The van der Waals surface area contributed by atoms with Crippen molar-refractivity contribution in [2.45, 2.75) is 150 Å². The van der Waals surface area contributed by atoms with Gasteiger partial charge in [0.05, 0.1) is 24.2 Å². The summed E-state index contributed by atoms with van der Waals surface area (Å²) in [6.45, 7) is 1.57. The Balaban J connectivity index is 0.829. The Hall–Kier alpha value is -1.82. The van der Waals surface area contributed by atoms with E-state index >= 15 is 0 Å². The zero-order valence-corrected chi connectivity index (χ0v) is 28.1. The SMILES string of the molecule is O=C(CCCC[C@@H]1SC[C@@H]2NC(=O)N[C@@H]21)NCCCCCCCCCCCCNC(=O)CCCC[C@@H]1SC[C@@H]2NC(=O)N[C@@H]21. The monoisotopic (exact) mass is 652 g/mol. The Kier molecular flexibility index (Phi) is 15.6. The minimum Gasteiger partial charge on any atom is -0.356 e. The number of unbranched alkanes of at least 4 members (excludes halogenated alkanes) is 11. The van der Waals surface area contributed by atoms with E-state index in [1.54, 1.807) is 0 Å². The van der Waals surface area contributed by atoms with Crippen LogP contribution in [0.3, 0.4) is 0 Å². The number of rotatable bonds is 23. The van der Waals surface area contributed by atoms with Crippen molar-refractivity contribution >= 4 is 47.4 Å². The quantitative estimate of drug-likeness (QED) is 0.0706. The number of nitrogens with one attached hydrogen (secondary N) is 6. The number of carbonyl (C=O) groups is 4. The lowest BCUT2D eigenvalue weighted by Gasteiger charge is -2.16. The van der Waals surface area contributed by atoms with Crippen molar-refractivity contribution in [1.29, 1.82) is 0 Å². The fraction of sp³-hybridized carbons (Fsp3) is 0.875. The van der Waals surface area contributed by atoms with Crippen molar-refractivity contribution in [3.8, 4) is 0 Å². The average Bonchev–Trinajstić information content (AvgIpc) is 3.75. The van der Waals surface area contributed by atoms with Gasteiger partial charge in [-0.3, -0.25) is 9.59 Å². The van der Waals surface area contributed by atoms with Gasteiger partial charge >= 0.3 is 12.1 Å². The van der Waals surface area contributed by atoms with Gasteiger partial charge in [0.15, 0.2) is 0 Å². The molecule has 12 heteroatoms. The molecule has 4 aliphatic heterocycles. The summed E-state index contributed by atoms with van der Waals surface area (Å²) in [6.07, 6.45) is 19.3. The van der Waals surface area contributed by atoms with Crippen LogP contribution in [0.5, 0.6) is 0 Å². The smallest absolute Gasteiger partial charge is 0.315 e. The third-order valence-electron chi connectivity index (χ3n) is 9.41. The molecule has 4 aliphatic rings. The molecule has 0 aromatic carbocycles. The Morgan fingerprint density at radius 3 is 1.34 bits per heavy atom. The van der Waals surface area contributed by atoms with Crippen LogP contribution in [0.15, 0.2) is 0 Å². The van der Waals surface area contributed by atoms with Crippen LogP contribution in [-0.4, -0.2) is 83.1 Å². The zero-order valence-electron chi connectivity index (χ0n) is 26.5. The van der Waals surface area contributed by atoms with E-state index in [9.17, 15) is 19.2 Å². The van der Waals surface area contributed by atoms with Gasteiger partial charge in [0.1, 0.15) is 0 Å². The highest BCUT2D eigenvalue weighted by Crippen LogP contribution is 2.34. The van der Waals surface area contributed by atoms with Crippen molar-refractivity contribution in [2.75, 3.05) is 24.6 Å². The fourth-order valence-corrected chi connectivity index (χ4v) is 9.93. The van der Waals surface area contributed by atoms with E-state index in [1.165, 1.54) is 51.4 Å². The van der Waals surface area contributed by atoms with Gasteiger partial charge in [0.2, 0.25) is 11.8 Å². The summed E-state index contributed by atoms with van der Waals surface area (Å²) in [6, 6.07) is 0.995. The molecule has 250 valence electrons. The van der Waals surface area contributed by atoms with E-state index in [2.05, 4.69) is 31.9 Å². The summed E-state index contributed by atoms with van der Waals surface area (Å²) in [7, 11) is 0. The molecule has 0 unspecified atom stereocenters. The van der Waals surface area contributed by atoms with Crippen LogP contribution in [0.4, 0.5) is 9.59 Å². The maximum atomic E-state index is 12.1. The molecule has 0 bridgehead atoms. The Labute approximate surface area is 272 Å². The molecule has 0 spiro atoms. The van der Waals surface area contributed by atoms with Gasteiger partial charge in [-0.25, -0.2) is 9.59 Å². The number of fused-ring (bicyclic) bond motifs is 2. The standard InChI is InChI=1S/C32H56N6O4S2/c39-27(17-11-9-15-25-29-23(21-43-25)35-31(41)37-29)33-19-13-7-5-3-1-2-4-6-8-14-20-34-28(40)18-12-10-16-26-30-24(22-44-26)36-32(42)38-30/h23-26,29-30H,1-22H2,(H,33,39)(H,34,40)(H2,35,37,41)(H2,36,38,42)/t23-,24-,25-,26-,29-,30-/m0/s1. The van der Waals surface area contributed by atoms with Gasteiger partial charge in [-0.1, -0.05) is 64.2 Å². The highest BCUT2D eigenvalue weighted by atomic mass is 32.2. The van der Waals surface area contributed by atoms with Crippen LogP contribution in [0.25, 0.3) is 0 Å². The molecule has 10 nitrogen and oxygen atoms in total. The normalized spacial score (nSPS) is 26.8. The van der Waals surface area contributed by atoms with E-state index in [0.717, 1.165) is 76.0 Å². The molecule has 0 aromatic rings. The summed E-state index contributed by atoms with van der Waals surface area (Å²) in [5.74, 6) is 2.32. The van der Waals surface area contributed by atoms with Gasteiger partial charge in [0.25, 0.3) is 0 Å². The van der Waals surface area contributed by atoms with Gasteiger partial charge in [-0.05, 0) is 38.5 Å². The number of hydrogen-bond acceptors (Lipinski definition) is 6. The second-order valence-corrected chi connectivity index (χ2v) is 15.5. The average molecular weight is 653 g/mol. The number of carbonyl (C=O) groups excluding carboxylic acids is 4. The lowest BCUT2D eigenvalue weighted by Crippen LogP contribution is -2.36. The first-order valence-electron chi connectivity index (χ1n) is 17.4. The van der Waals surface area contributed by atoms with E-state index in [0.29, 0.717) is 23.3 Å². The third kappa shape index (κ3) is 12.2. The predicted octanol–water partition coefficient (Wildman–Crippen LogP) is 4.57. The van der Waals surface area contributed by atoms with Crippen molar-refractivity contribution in [3.05, 3.63) is 0 Å². The maximum absolute atomic E-state index is 12.1. The Bertz CT molecular complexity index is 855. The molecule has 6 N–H and O–H groups in total. The molecule has 0 radical (unpaired) electrons. The van der Waals surface area contributed by atoms with Crippen LogP contribution in [-0.2, 0) is 9.59 Å². The second kappa shape index (κ2) is 19.6. The third-order valence-corrected chi connectivity index (χ3v) is 12.4. The zero-order chi connectivity index (χ0) is 31.0. The molecule has 4 fully saturated rings. The van der Waals surface area contributed by atoms with Crippen molar-refractivity contribution < 1.29 is 19.2 Å². The second-order valence-electron chi connectivity index (χ2n) is 13.0. The van der Waals surface area contributed by atoms with Crippen LogP contribution in [0.2, 0.25) is 0 Å². The van der Waals surface area contributed by atoms with E-state index in [-0.39, 0.29) is 48.0 Å². The van der Waals surface area contributed by atoms with Crippen LogP contribution >= 0.6 is 23.5 Å². The highest BCUT2D eigenvalue weighted by Gasteiger charge is 2.43. The Morgan fingerprint density at radius 2 is 0.932 bits per heavy atom. The first kappa shape index (κ1) is 35.0. The lowest BCUT2D eigenvalue weighted by molar-refractivity contribution is -0.122. The first-order valence-corrected chi connectivity index (χ1v) is 19.5. The molecule has 6 atom stereocenters. The molecule has 4 heterocycles. The number of urea groups is 2. The molecular formula is C32H56N6O4S2. The van der Waals surface area contributed by atoms with E-state index in [4.69, 9.17) is 0 Å². The van der Waals surface area contributed by atoms with Crippen molar-refractivity contribution in [2.24, 2.45) is 0 Å². The largest absolute Gasteiger partial charge is 0.356 e. The number of thioether (sulfide) groups is 2. The summed E-state index contributed by atoms with van der Waals surface area (Å²) in [5, 5.41) is 19.1. The minimum absolute atomic E-state index is 0.0352. The summed E-state index contributed by atoms with van der Waals surface area (Å²) < 4.78 is 0. The van der Waals surface area contributed by atoms with Crippen LogP contribution in [0, 0.1) is 0 Å². The maximum Gasteiger partial charge on any atom is 0.315 e. The molecule has 0 aromatic heterocycles. The van der Waals surface area contributed by atoms with E-state index in [1.807, 2.05) is 23.5 Å². The number of amides is 6. The highest BCUT2D eigenvalue weighted by molar-refractivity contribution is 8.00. The van der Waals surface area contributed by atoms with Gasteiger partial charge < -0.3 is 31.9 Å². The number of hydrogen-bond donors (Lipinski definition) is 6. The Morgan fingerprint density at radius 1 is 0.545 bits per heavy atom. The summed E-state index contributed by atoms with van der Waals surface area (Å²) in [4.78, 5) is 47.2. The van der Waals surface area contributed by atoms with Crippen molar-refractivity contribution in [3.63, 3.8) is 0 Å². The first-order chi connectivity index (χ1) is 21.5. The summed E-state index contributed by atoms with van der Waals surface area (Å²) in [5.41, 5.74) is 0. The molecule has 6 amide bonds. The minimum atomic E-state index is -0.0352. The van der Waals surface area contributed by atoms with Gasteiger partial charge in [-0.2, -0.15) is 23.5 Å². The lowest BCUT2D eigenvalue weighted by atomic mass is 10.0. The van der Waals surface area contributed by atoms with Crippen molar-refractivity contribution in [1.82, 2.24) is 31.9 Å². The topological polar surface area (TPSA) is 140 Å². The van der Waals surface area contributed by atoms with E-state index < -0.39 is 0 Å². The van der Waals surface area contributed by atoms with Crippen LogP contribution in [0.1, 0.15) is 116 Å². The van der Waals surface area contributed by atoms with Gasteiger partial charge in [-0.15, -0.1) is 0 Å². The van der Waals surface area contributed by atoms with Gasteiger partial charge in [0, 0.05) is 47.9 Å². The fourth-order valence-electron chi connectivity index (χ4n) is 6.84. The predicted molar refractivity (Wildman–Crippen MR) is 180 cm³/mol. The molecular weight excluding hydrogens is 597 g/mol.